The van der Waals surface area contributed by atoms with Gasteiger partial charge in [-0.2, -0.15) is 0 Å². The van der Waals surface area contributed by atoms with E-state index in [9.17, 15) is 5.11 Å². The Hall–Kier alpha value is -0.540. The van der Waals surface area contributed by atoms with Crippen LogP contribution in [-0.4, -0.2) is 5.11 Å². The lowest BCUT2D eigenvalue weighted by molar-refractivity contribution is 0.472. The van der Waals surface area contributed by atoms with Crippen molar-refractivity contribution in [1.82, 2.24) is 0 Å². The SMILES string of the molecule is Cc1c(O)cc(CBr)c2sccc12. The van der Waals surface area contributed by atoms with Gasteiger partial charge in [0.1, 0.15) is 5.75 Å². The van der Waals surface area contributed by atoms with Crippen molar-refractivity contribution in [2.24, 2.45) is 0 Å². The van der Waals surface area contributed by atoms with Gasteiger partial charge < -0.3 is 5.11 Å². The van der Waals surface area contributed by atoms with Gasteiger partial charge in [-0.05, 0) is 40.9 Å². The molecule has 68 valence electrons. The Kier molecular flexibility index (Phi) is 2.30. The summed E-state index contributed by atoms with van der Waals surface area (Å²) < 4.78 is 1.27. The second kappa shape index (κ2) is 3.31. The largest absolute Gasteiger partial charge is 0.508 e. The highest BCUT2D eigenvalue weighted by Gasteiger charge is 2.08. The maximum Gasteiger partial charge on any atom is 0.119 e. The van der Waals surface area contributed by atoms with Crippen molar-refractivity contribution in [2.45, 2.75) is 12.3 Å². The molecule has 1 heterocycles. The standard InChI is InChI=1S/C10H9BrOS/c1-6-8-2-3-13-10(8)7(5-11)4-9(6)12/h2-4,12H,5H2,1H3. The predicted molar refractivity (Wildman–Crippen MR) is 60.9 cm³/mol. The van der Waals surface area contributed by atoms with Crippen LogP contribution in [0.2, 0.25) is 0 Å². The van der Waals surface area contributed by atoms with Gasteiger partial charge >= 0.3 is 0 Å². The van der Waals surface area contributed by atoms with Gasteiger partial charge in [0, 0.05) is 10.0 Å². The van der Waals surface area contributed by atoms with Gasteiger partial charge in [-0.1, -0.05) is 15.9 Å². The highest BCUT2D eigenvalue weighted by Crippen LogP contribution is 2.34. The minimum atomic E-state index is 0.389. The molecule has 3 heteroatoms. The molecule has 0 saturated carbocycles. The number of alkyl halides is 1. The van der Waals surface area contributed by atoms with E-state index in [1.807, 2.05) is 13.0 Å². The van der Waals surface area contributed by atoms with Crippen LogP contribution in [0.4, 0.5) is 0 Å². The molecule has 1 nitrogen and oxygen atoms in total. The number of halogens is 1. The van der Waals surface area contributed by atoms with Gasteiger partial charge in [-0.3, -0.25) is 0 Å². The highest BCUT2D eigenvalue weighted by atomic mass is 79.9. The molecule has 0 amide bonds. The van der Waals surface area contributed by atoms with Crippen molar-refractivity contribution in [3.8, 4) is 5.75 Å². The zero-order valence-corrected chi connectivity index (χ0v) is 9.58. The number of hydrogen-bond donors (Lipinski definition) is 1. The Labute approximate surface area is 89.1 Å². The van der Waals surface area contributed by atoms with Crippen molar-refractivity contribution in [1.29, 1.82) is 0 Å². The molecular formula is C10H9BrOS. The van der Waals surface area contributed by atoms with Gasteiger partial charge in [0.25, 0.3) is 0 Å². The summed E-state index contributed by atoms with van der Waals surface area (Å²) in [4.78, 5) is 0. The Morgan fingerprint density at radius 2 is 2.31 bits per heavy atom. The molecule has 0 spiro atoms. The van der Waals surface area contributed by atoms with E-state index in [-0.39, 0.29) is 0 Å². The third-order valence-corrected chi connectivity index (χ3v) is 3.79. The summed E-state index contributed by atoms with van der Waals surface area (Å²) in [6.45, 7) is 1.95. The Balaban J connectivity index is 2.87. The van der Waals surface area contributed by atoms with Crippen LogP contribution in [0.25, 0.3) is 10.1 Å². The van der Waals surface area contributed by atoms with Gasteiger partial charge in [0.05, 0.1) is 0 Å². The third kappa shape index (κ3) is 1.36. The first-order valence-corrected chi connectivity index (χ1v) is 5.98. The molecule has 1 aromatic heterocycles. The zero-order chi connectivity index (χ0) is 9.42. The first kappa shape index (κ1) is 9.03. The molecule has 0 aliphatic heterocycles. The lowest BCUT2D eigenvalue weighted by atomic mass is 10.1. The minimum absolute atomic E-state index is 0.389. The number of phenols is 1. The van der Waals surface area contributed by atoms with Gasteiger partial charge in [-0.25, -0.2) is 0 Å². The molecule has 0 saturated heterocycles. The average Bonchev–Trinajstić information content (AvgIpc) is 2.60. The summed E-state index contributed by atoms with van der Waals surface area (Å²) in [6, 6.07) is 3.89. The van der Waals surface area contributed by atoms with E-state index in [0.29, 0.717) is 5.75 Å². The van der Waals surface area contributed by atoms with Gasteiger partial charge in [0.15, 0.2) is 0 Å². The average molecular weight is 257 g/mol. The number of thiophene rings is 1. The van der Waals surface area contributed by atoms with Crippen molar-refractivity contribution in [3.63, 3.8) is 0 Å². The number of hydrogen-bond acceptors (Lipinski definition) is 2. The second-order valence-electron chi connectivity index (χ2n) is 2.98. The molecule has 2 rings (SSSR count). The predicted octanol–water partition coefficient (Wildman–Crippen LogP) is 3.81. The summed E-state index contributed by atoms with van der Waals surface area (Å²) >= 11 is 5.14. The van der Waals surface area contributed by atoms with Crippen LogP contribution in [0.5, 0.6) is 5.75 Å². The molecule has 0 bridgehead atoms. The van der Waals surface area contributed by atoms with Crippen LogP contribution in [-0.2, 0) is 5.33 Å². The van der Waals surface area contributed by atoms with Crippen LogP contribution < -0.4 is 0 Å². The van der Waals surface area contributed by atoms with Gasteiger partial charge in [-0.15, -0.1) is 11.3 Å². The van der Waals surface area contributed by atoms with E-state index >= 15 is 0 Å². The normalized spacial score (nSPS) is 10.9. The number of benzene rings is 1. The van der Waals surface area contributed by atoms with E-state index < -0.39 is 0 Å². The maximum absolute atomic E-state index is 9.63. The molecule has 0 unspecified atom stereocenters. The summed E-state index contributed by atoms with van der Waals surface area (Å²) in [7, 11) is 0. The van der Waals surface area contributed by atoms with Crippen LogP contribution in [0, 0.1) is 6.92 Å². The highest BCUT2D eigenvalue weighted by molar-refractivity contribution is 9.08. The van der Waals surface area contributed by atoms with E-state index in [1.165, 1.54) is 10.1 Å². The zero-order valence-electron chi connectivity index (χ0n) is 7.17. The van der Waals surface area contributed by atoms with Crippen molar-refractivity contribution in [3.05, 3.63) is 28.6 Å². The van der Waals surface area contributed by atoms with Crippen molar-refractivity contribution < 1.29 is 5.11 Å². The van der Waals surface area contributed by atoms with Gasteiger partial charge in [0.2, 0.25) is 0 Å². The molecule has 2 aromatic rings. The minimum Gasteiger partial charge on any atom is -0.508 e. The fourth-order valence-corrected chi connectivity index (χ4v) is 3.03. The molecule has 0 aliphatic carbocycles. The summed E-state index contributed by atoms with van der Waals surface area (Å²) in [6.07, 6.45) is 0. The molecule has 0 radical (unpaired) electrons. The number of aryl methyl sites for hydroxylation is 1. The Morgan fingerprint density at radius 3 is 3.00 bits per heavy atom. The number of fused-ring (bicyclic) bond motifs is 1. The van der Waals surface area contributed by atoms with E-state index in [0.717, 1.165) is 16.5 Å². The molecule has 1 N–H and O–H groups in total. The van der Waals surface area contributed by atoms with Crippen LogP contribution >= 0.6 is 27.3 Å². The third-order valence-electron chi connectivity index (χ3n) is 2.20. The van der Waals surface area contributed by atoms with E-state index in [4.69, 9.17) is 0 Å². The van der Waals surface area contributed by atoms with E-state index in [2.05, 4.69) is 27.4 Å². The fraction of sp³-hybridized carbons (Fsp3) is 0.200. The quantitative estimate of drug-likeness (QED) is 0.770. The fourth-order valence-electron chi connectivity index (χ4n) is 1.43. The number of aromatic hydroxyl groups is 1. The Morgan fingerprint density at radius 1 is 1.54 bits per heavy atom. The molecule has 0 atom stereocenters. The summed E-state index contributed by atoms with van der Waals surface area (Å²) in [5.74, 6) is 0.389. The molecule has 13 heavy (non-hydrogen) atoms. The topological polar surface area (TPSA) is 20.2 Å². The molecule has 0 aliphatic rings. The first-order valence-electron chi connectivity index (χ1n) is 3.98. The lowest BCUT2D eigenvalue weighted by Gasteiger charge is -2.04. The summed E-state index contributed by atoms with van der Waals surface area (Å²) in [5, 5.41) is 13.6. The molecule has 0 fully saturated rings. The van der Waals surface area contributed by atoms with Crippen LogP contribution in [0.15, 0.2) is 17.5 Å². The second-order valence-corrected chi connectivity index (χ2v) is 4.45. The maximum atomic E-state index is 9.63. The van der Waals surface area contributed by atoms with Crippen molar-refractivity contribution >= 4 is 37.4 Å². The molecule has 1 aromatic carbocycles. The van der Waals surface area contributed by atoms with Crippen LogP contribution in [0.3, 0.4) is 0 Å². The number of rotatable bonds is 1. The lowest BCUT2D eigenvalue weighted by Crippen LogP contribution is -1.82. The van der Waals surface area contributed by atoms with Crippen molar-refractivity contribution in [2.75, 3.05) is 0 Å². The Bertz CT molecular complexity index is 447. The van der Waals surface area contributed by atoms with Crippen LogP contribution in [0.1, 0.15) is 11.1 Å². The number of phenolic OH excluding ortho intramolecular Hbond substituents is 1. The van der Waals surface area contributed by atoms with E-state index in [1.54, 1.807) is 11.3 Å². The molecular weight excluding hydrogens is 248 g/mol. The summed E-state index contributed by atoms with van der Waals surface area (Å²) in [5.41, 5.74) is 2.13. The monoisotopic (exact) mass is 256 g/mol. The smallest absolute Gasteiger partial charge is 0.119 e. The first-order chi connectivity index (χ1) is 6.24.